The predicted octanol–water partition coefficient (Wildman–Crippen LogP) is 3.42. The summed E-state index contributed by atoms with van der Waals surface area (Å²) in [5, 5.41) is 5.81. The molecule has 4 rings (SSSR count). The molecule has 2 aromatic carbocycles. The van der Waals surface area contributed by atoms with Crippen molar-refractivity contribution in [2.45, 2.75) is 32.6 Å². The molecule has 20 heavy (non-hydrogen) atoms. The Balaban J connectivity index is 2.21. The first-order valence-corrected chi connectivity index (χ1v) is 8.42. The van der Waals surface area contributed by atoms with Crippen LogP contribution in [0.15, 0.2) is 30.3 Å². The minimum absolute atomic E-state index is 1.10. The van der Waals surface area contributed by atoms with Crippen LogP contribution < -0.4 is 10.4 Å². The fraction of sp³-hybridized carbons (Fsp3) is 0.263. The molecular formula is C19H17I. The van der Waals surface area contributed by atoms with Crippen molar-refractivity contribution < 1.29 is 0 Å². The molecule has 0 radical (unpaired) electrons. The fourth-order valence-electron chi connectivity index (χ4n) is 3.69. The molecule has 0 atom stereocenters. The van der Waals surface area contributed by atoms with Crippen LogP contribution in [-0.2, 0) is 12.8 Å². The van der Waals surface area contributed by atoms with Gasteiger partial charge in [-0.25, -0.2) is 0 Å². The van der Waals surface area contributed by atoms with Crippen LogP contribution >= 0.6 is 22.6 Å². The van der Waals surface area contributed by atoms with Gasteiger partial charge in [-0.15, -0.1) is 0 Å². The highest BCUT2D eigenvalue weighted by molar-refractivity contribution is 14.1. The number of halogens is 1. The van der Waals surface area contributed by atoms with Gasteiger partial charge in [0.1, 0.15) is 0 Å². The molecule has 0 heterocycles. The van der Waals surface area contributed by atoms with E-state index in [1.165, 1.54) is 43.7 Å². The molecule has 1 heteroatoms. The number of hydrogen-bond acceptors (Lipinski definition) is 0. The molecule has 0 fully saturated rings. The summed E-state index contributed by atoms with van der Waals surface area (Å²) >= 11 is 2.40. The SMILES string of the molecule is CC1=c2ccc3c(c2CCC1)CC=c1cc(I)ccc1=3. The second kappa shape index (κ2) is 4.73. The highest BCUT2D eigenvalue weighted by Gasteiger charge is 2.13. The maximum atomic E-state index is 2.41. The average molecular weight is 372 g/mol. The van der Waals surface area contributed by atoms with Gasteiger partial charge in [0.25, 0.3) is 0 Å². The first-order chi connectivity index (χ1) is 9.74. The van der Waals surface area contributed by atoms with Crippen LogP contribution in [0.2, 0.25) is 0 Å². The number of benzene rings is 2. The van der Waals surface area contributed by atoms with Crippen molar-refractivity contribution in [1.82, 2.24) is 0 Å². The second-order valence-electron chi connectivity index (χ2n) is 5.89. The highest BCUT2D eigenvalue weighted by atomic mass is 127. The van der Waals surface area contributed by atoms with E-state index in [4.69, 9.17) is 0 Å². The van der Waals surface area contributed by atoms with Gasteiger partial charge in [-0.05, 0) is 99.3 Å². The number of fused-ring (bicyclic) bond motifs is 4. The first kappa shape index (κ1) is 12.6. The van der Waals surface area contributed by atoms with Crippen LogP contribution in [0, 0.1) is 14.0 Å². The lowest BCUT2D eigenvalue weighted by atomic mass is 9.86. The van der Waals surface area contributed by atoms with Crippen molar-refractivity contribution in [3.05, 3.63) is 65.9 Å². The van der Waals surface area contributed by atoms with Crippen molar-refractivity contribution in [2.24, 2.45) is 0 Å². The van der Waals surface area contributed by atoms with Gasteiger partial charge in [0.05, 0.1) is 0 Å². The zero-order valence-electron chi connectivity index (χ0n) is 11.7. The lowest BCUT2D eigenvalue weighted by molar-refractivity contribution is 0.805. The van der Waals surface area contributed by atoms with Crippen LogP contribution in [0.25, 0.3) is 11.6 Å². The third kappa shape index (κ3) is 1.86. The summed E-state index contributed by atoms with van der Waals surface area (Å²) in [5.41, 5.74) is 4.77. The van der Waals surface area contributed by atoms with Crippen LogP contribution in [0.5, 0.6) is 0 Å². The molecule has 0 unspecified atom stereocenters. The average Bonchev–Trinajstić information content (AvgIpc) is 2.46. The Morgan fingerprint density at radius 3 is 2.60 bits per heavy atom. The van der Waals surface area contributed by atoms with E-state index in [1.807, 2.05) is 0 Å². The molecule has 2 aliphatic rings. The van der Waals surface area contributed by atoms with E-state index >= 15 is 0 Å². The zero-order valence-corrected chi connectivity index (χ0v) is 13.8. The molecule has 0 N–H and O–H groups in total. The van der Waals surface area contributed by atoms with Gasteiger partial charge in [0.15, 0.2) is 0 Å². The highest BCUT2D eigenvalue weighted by Crippen LogP contribution is 2.20. The van der Waals surface area contributed by atoms with E-state index in [0.29, 0.717) is 0 Å². The summed E-state index contributed by atoms with van der Waals surface area (Å²) < 4.78 is 1.32. The monoisotopic (exact) mass is 372 g/mol. The van der Waals surface area contributed by atoms with Gasteiger partial charge in [0, 0.05) is 3.57 Å². The van der Waals surface area contributed by atoms with E-state index in [9.17, 15) is 0 Å². The van der Waals surface area contributed by atoms with Crippen LogP contribution in [0.4, 0.5) is 0 Å². The molecule has 2 aromatic rings. The van der Waals surface area contributed by atoms with Gasteiger partial charge in [-0.1, -0.05) is 29.8 Å². The van der Waals surface area contributed by atoms with Crippen LogP contribution in [0.1, 0.15) is 30.9 Å². The van der Waals surface area contributed by atoms with Gasteiger partial charge >= 0.3 is 0 Å². The standard InChI is InChI=1S/C19H17I/c1-12-3-2-4-17-15(12)9-10-18-16-8-6-14(20)11-13(16)5-7-19(17)18/h5-6,8-11H,2-4,7H2,1H3. The Labute approximate surface area is 132 Å². The van der Waals surface area contributed by atoms with Crippen molar-refractivity contribution in [2.75, 3.05) is 0 Å². The Bertz CT molecular complexity index is 919. The van der Waals surface area contributed by atoms with Gasteiger partial charge in [-0.3, -0.25) is 0 Å². The normalized spacial score (nSPS) is 16.0. The van der Waals surface area contributed by atoms with E-state index < -0.39 is 0 Å². The Kier molecular flexibility index (Phi) is 2.99. The Hall–Kier alpha value is -1.09. The summed E-state index contributed by atoms with van der Waals surface area (Å²) in [5.74, 6) is 0. The smallest absolute Gasteiger partial charge is 0.0136 e. The molecule has 0 aliphatic heterocycles. The Morgan fingerprint density at radius 1 is 0.900 bits per heavy atom. The number of rotatable bonds is 0. The minimum Gasteiger partial charge on any atom is -0.0722 e. The molecule has 0 nitrogen and oxygen atoms in total. The molecular weight excluding hydrogens is 355 g/mol. The Morgan fingerprint density at radius 2 is 1.70 bits per heavy atom. The maximum absolute atomic E-state index is 2.41. The van der Waals surface area contributed by atoms with Crippen molar-refractivity contribution in [1.29, 1.82) is 0 Å². The lowest BCUT2D eigenvalue weighted by Crippen LogP contribution is -2.21. The van der Waals surface area contributed by atoms with E-state index in [-0.39, 0.29) is 0 Å². The maximum Gasteiger partial charge on any atom is 0.0136 e. The second-order valence-corrected chi connectivity index (χ2v) is 7.14. The molecule has 0 aromatic heterocycles. The molecule has 0 spiro atoms. The van der Waals surface area contributed by atoms with E-state index in [1.54, 1.807) is 16.7 Å². The molecule has 2 aliphatic carbocycles. The first-order valence-electron chi connectivity index (χ1n) is 7.35. The minimum atomic E-state index is 1.10. The molecule has 0 saturated carbocycles. The van der Waals surface area contributed by atoms with Gasteiger partial charge in [-0.2, -0.15) is 0 Å². The zero-order chi connectivity index (χ0) is 13.7. The summed E-state index contributed by atoms with van der Waals surface area (Å²) in [4.78, 5) is 0. The van der Waals surface area contributed by atoms with Crippen LogP contribution in [0.3, 0.4) is 0 Å². The van der Waals surface area contributed by atoms with Crippen molar-refractivity contribution in [3.63, 3.8) is 0 Å². The van der Waals surface area contributed by atoms with Crippen LogP contribution in [-0.4, -0.2) is 0 Å². The third-order valence-electron chi connectivity index (χ3n) is 4.70. The molecule has 0 saturated heterocycles. The van der Waals surface area contributed by atoms with E-state index in [2.05, 4.69) is 65.9 Å². The quantitative estimate of drug-likeness (QED) is 0.622. The van der Waals surface area contributed by atoms with Gasteiger partial charge < -0.3 is 0 Å². The topological polar surface area (TPSA) is 0 Å². The molecule has 100 valence electrons. The number of hydrogen-bond donors (Lipinski definition) is 0. The van der Waals surface area contributed by atoms with Crippen molar-refractivity contribution in [3.8, 4) is 0 Å². The third-order valence-corrected chi connectivity index (χ3v) is 5.37. The predicted molar refractivity (Wildman–Crippen MR) is 92.7 cm³/mol. The summed E-state index contributed by atoms with van der Waals surface area (Å²) in [7, 11) is 0. The largest absolute Gasteiger partial charge is 0.0722 e. The summed E-state index contributed by atoms with van der Waals surface area (Å²) in [6.07, 6.45) is 7.34. The lowest BCUT2D eigenvalue weighted by Gasteiger charge is -2.18. The van der Waals surface area contributed by atoms with Gasteiger partial charge in [0.2, 0.25) is 0 Å². The van der Waals surface area contributed by atoms with E-state index in [0.717, 1.165) is 6.42 Å². The molecule has 0 amide bonds. The molecule has 0 bridgehead atoms. The van der Waals surface area contributed by atoms with Crippen molar-refractivity contribution >= 4 is 34.2 Å². The fourth-order valence-corrected chi connectivity index (χ4v) is 4.20. The summed E-state index contributed by atoms with van der Waals surface area (Å²) in [6.45, 7) is 2.30. The summed E-state index contributed by atoms with van der Waals surface area (Å²) in [6, 6.07) is 11.5.